The van der Waals surface area contributed by atoms with Crippen molar-refractivity contribution in [2.24, 2.45) is 0 Å². The van der Waals surface area contributed by atoms with E-state index in [4.69, 9.17) is 5.11 Å². The van der Waals surface area contributed by atoms with E-state index in [1.165, 1.54) is 12.3 Å². The molecule has 108 valence electrons. The Bertz CT molecular complexity index is 462. The topological polar surface area (TPSA) is 91.3 Å². The van der Waals surface area contributed by atoms with Crippen molar-refractivity contribution in [1.82, 2.24) is 15.6 Å². The SMILES string of the molecule is C=CCSCCNC(=O)NCc1ccc(C(=O)O)nc1. The molecule has 0 atom stereocenters. The number of thioether (sulfide) groups is 1. The van der Waals surface area contributed by atoms with Crippen LogP contribution in [0, 0.1) is 0 Å². The van der Waals surface area contributed by atoms with Crippen molar-refractivity contribution >= 4 is 23.8 Å². The molecular weight excluding hydrogens is 278 g/mol. The Kier molecular flexibility index (Phi) is 7.20. The van der Waals surface area contributed by atoms with Gasteiger partial charge < -0.3 is 15.7 Å². The molecule has 0 aromatic carbocycles. The fourth-order valence-electron chi connectivity index (χ4n) is 1.30. The number of hydrogen-bond acceptors (Lipinski definition) is 4. The summed E-state index contributed by atoms with van der Waals surface area (Å²) in [5.74, 6) is 0.624. The number of pyridine rings is 1. The number of carboxylic acid groups (broad SMARTS) is 1. The summed E-state index contributed by atoms with van der Waals surface area (Å²) in [4.78, 5) is 25.8. The fraction of sp³-hybridized carbons (Fsp3) is 0.308. The third-order valence-corrected chi connectivity index (χ3v) is 3.23. The van der Waals surface area contributed by atoms with E-state index < -0.39 is 5.97 Å². The molecule has 20 heavy (non-hydrogen) atoms. The van der Waals surface area contributed by atoms with Crippen LogP contribution in [0.5, 0.6) is 0 Å². The summed E-state index contributed by atoms with van der Waals surface area (Å²) in [6, 6.07) is 2.77. The van der Waals surface area contributed by atoms with Gasteiger partial charge in [-0.3, -0.25) is 0 Å². The molecule has 0 saturated heterocycles. The van der Waals surface area contributed by atoms with Crippen LogP contribution < -0.4 is 10.6 Å². The Morgan fingerprint density at radius 1 is 1.40 bits per heavy atom. The number of nitrogens with zero attached hydrogens (tertiary/aromatic N) is 1. The van der Waals surface area contributed by atoms with Crippen LogP contribution in [0.4, 0.5) is 4.79 Å². The van der Waals surface area contributed by atoms with Crippen molar-refractivity contribution in [3.05, 3.63) is 42.2 Å². The zero-order valence-electron chi connectivity index (χ0n) is 11.0. The zero-order valence-corrected chi connectivity index (χ0v) is 11.8. The van der Waals surface area contributed by atoms with E-state index in [9.17, 15) is 9.59 Å². The minimum atomic E-state index is -1.07. The van der Waals surface area contributed by atoms with Crippen LogP contribution in [0.15, 0.2) is 31.0 Å². The number of aromatic nitrogens is 1. The van der Waals surface area contributed by atoms with E-state index in [2.05, 4.69) is 22.2 Å². The van der Waals surface area contributed by atoms with Gasteiger partial charge in [0.2, 0.25) is 0 Å². The Morgan fingerprint density at radius 3 is 2.80 bits per heavy atom. The van der Waals surface area contributed by atoms with Gasteiger partial charge in [0.25, 0.3) is 0 Å². The molecule has 0 aliphatic rings. The minimum Gasteiger partial charge on any atom is -0.477 e. The first-order valence-corrected chi connectivity index (χ1v) is 7.17. The van der Waals surface area contributed by atoms with Crippen molar-refractivity contribution < 1.29 is 14.7 Å². The van der Waals surface area contributed by atoms with Gasteiger partial charge in [0.15, 0.2) is 0 Å². The van der Waals surface area contributed by atoms with Gasteiger partial charge in [-0.05, 0) is 11.6 Å². The van der Waals surface area contributed by atoms with Crippen LogP contribution in [-0.2, 0) is 6.54 Å². The van der Waals surface area contributed by atoms with E-state index in [0.29, 0.717) is 13.1 Å². The molecule has 1 aromatic heterocycles. The highest BCUT2D eigenvalue weighted by atomic mass is 32.2. The van der Waals surface area contributed by atoms with Gasteiger partial charge in [0, 0.05) is 30.8 Å². The summed E-state index contributed by atoms with van der Waals surface area (Å²) in [5, 5.41) is 14.1. The lowest BCUT2D eigenvalue weighted by atomic mass is 10.2. The average molecular weight is 295 g/mol. The summed E-state index contributed by atoms with van der Waals surface area (Å²) >= 11 is 1.69. The number of aromatic carboxylic acids is 1. The largest absolute Gasteiger partial charge is 0.477 e. The minimum absolute atomic E-state index is 0.0163. The third-order valence-electron chi connectivity index (χ3n) is 2.26. The van der Waals surface area contributed by atoms with Crippen LogP contribution in [0.25, 0.3) is 0 Å². The molecule has 7 heteroatoms. The van der Waals surface area contributed by atoms with Gasteiger partial charge >= 0.3 is 12.0 Å². The summed E-state index contributed by atoms with van der Waals surface area (Å²) in [6.07, 6.45) is 3.25. The summed E-state index contributed by atoms with van der Waals surface area (Å²) in [7, 11) is 0. The van der Waals surface area contributed by atoms with E-state index in [-0.39, 0.29) is 11.7 Å². The second-order valence-corrected chi connectivity index (χ2v) is 4.98. The van der Waals surface area contributed by atoms with Crippen molar-refractivity contribution in [3.8, 4) is 0 Å². The first-order chi connectivity index (χ1) is 9.63. The Morgan fingerprint density at radius 2 is 2.20 bits per heavy atom. The van der Waals surface area contributed by atoms with Crippen LogP contribution in [0.1, 0.15) is 16.1 Å². The van der Waals surface area contributed by atoms with E-state index >= 15 is 0 Å². The fourth-order valence-corrected chi connectivity index (χ4v) is 1.88. The molecule has 0 radical (unpaired) electrons. The third kappa shape index (κ3) is 6.24. The summed E-state index contributed by atoms with van der Waals surface area (Å²) in [5.41, 5.74) is 0.726. The van der Waals surface area contributed by atoms with Gasteiger partial charge in [-0.25, -0.2) is 14.6 Å². The highest BCUT2D eigenvalue weighted by Crippen LogP contribution is 2.00. The average Bonchev–Trinajstić information content (AvgIpc) is 2.45. The highest BCUT2D eigenvalue weighted by molar-refractivity contribution is 7.99. The van der Waals surface area contributed by atoms with E-state index in [1.807, 2.05) is 6.08 Å². The zero-order chi connectivity index (χ0) is 14.8. The summed E-state index contributed by atoms with van der Waals surface area (Å²) < 4.78 is 0. The van der Waals surface area contributed by atoms with Gasteiger partial charge in [0.1, 0.15) is 5.69 Å². The molecule has 0 spiro atoms. The maximum Gasteiger partial charge on any atom is 0.354 e. The second-order valence-electron chi connectivity index (χ2n) is 3.83. The van der Waals surface area contributed by atoms with Gasteiger partial charge in [-0.2, -0.15) is 11.8 Å². The number of hydrogen-bond donors (Lipinski definition) is 3. The van der Waals surface area contributed by atoms with Gasteiger partial charge in [-0.1, -0.05) is 12.1 Å². The number of urea groups is 1. The normalized spacial score (nSPS) is 9.80. The lowest BCUT2D eigenvalue weighted by molar-refractivity contribution is 0.0690. The van der Waals surface area contributed by atoms with Crippen molar-refractivity contribution in [2.75, 3.05) is 18.1 Å². The molecule has 1 rings (SSSR count). The number of carbonyl (C=O) groups excluding carboxylic acids is 1. The molecule has 2 amide bonds. The Balaban J connectivity index is 2.23. The molecule has 0 unspecified atom stereocenters. The number of carbonyl (C=O) groups is 2. The molecule has 0 fully saturated rings. The predicted octanol–water partition coefficient (Wildman–Crippen LogP) is 1.50. The van der Waals surface area contributed by atoms with Gasteiger partial charge in [-0.15, -0.1) is 6.58 Å². The van der Waals surface area contributed by atoms with Crippen LogP contribution in [-0.4, -0.2) is 40.1 Å². The van der Waals surface area contributed by atoms with Crippen molar-refractivity contribution in [1.29, 1.82) is 0 Å². The molecular formula is C13H17N3O3S. The molecule has 0 bridgehead atoms. The number of nitrogens with one attached hydrogen (secondary N) is 2. The van der Waals surface area contributed by atoms with Gasteiger partial charge in [0.05, 0.1) is 0 Å². The lowest BCUT2D eigenvalue weighted by Crippen LogP contribution is -2.36. The van der Waals surface area contributed by atoms with E-state index in [0.717, 1.165) is 17.1 Å². The summed E-state index contributed by atoms with van der Waals surface area (Å²) in [6.45, 7) is 4.50. The molecule has 1 heterocycles. The number of carboxylic acids is 1. The number of rotatable bonds is 8. The molecule has 0 aliphatic carbocycles. The van der Waals surface area contributed by atoms with Crippen LogP contribution >= 0.6 is 11.8 Å². The maximum absolute atomic E-state index is 11.5. The highest BCUT2D eigenvalue weighted by Gasteiger charge is 2.04. The van der Waals surface area contributed by atoms with Crippen LogP contribution in [0.3, 0.4) is 0 Å². The Labute approximate surface area is 121 Å². The first kappa shape index (κ1) is 16.0. The monoisotopic (exact) mass is 295 g/mol. The van der Waals surface area contributed by atoms with E-state index in [1.54, 1.807) is 17.8 Å². The smallest absolute Gasteiger partial charge is 0.354 e. The molecule has 3 N–H and O–H groups in total. The standard InChI is InChI=1S/C13H17N3O3S/c1-2-6-20-7-5-14-13(19)16-9-10-3-4-11(12(17)18)15-8-10/h2-4,8H,1,5-7,9H2,(H,17,18)(H2,14,16,19). The Hall–Kier alpha value is -2.02. The number of amides is 2. The second kappa shape index (κ2) is 8.98. The molecule has 0 aliphatic heterocycles. The quantitative estimate of drug-likeness (QED) is 0.499. The first-order valence-electron chi connectivity index (χ1n) is 6.02. The predicted molar refractivity (Wildman–Crippen MR) is 79.0 cm³/mol. The maximum atomic E-state index is 11.5. The molecule has 0 saturated carbocycles. The lowest BCUT2D eigenvalue weighted by Gasteiger charge is -2.07. The van der Waals surface area contributed by atoms with Crippen molar-refractivity contribution in [3.63, 3.8) is 0 Å². The molecule has 1 aromatic rings. The molecule has 6 nitrogen and oxygen atoms in total. The van der Waals surface area contributed by atoms with Crippen molar-refractivity contribution in [2.45, 2.75) is 6.54 Å². The van der Waals surface area contributed by atoms with Crippen LogP contribution in [0.2, 0.25) is 0 Å².